The summed E-state index contributed by atoms with van der Waals surface area (Å²) in [5.74, 6) is 0.671. The molecule has 0 aliphatic carbocycles. The highest BCUT2D eigenvalue weighted by molar-refractivity contribution is 7.89. The van der Waals surface area contributed by atoms with Crippen molar-refractivity contribution in [2.24, 2.45) is 5.73 Å². The number of nitrogens with one attached hydrogen (secondary N) is 1. The lowest BCUT2D eigenvalue weighted by Crippen LogP contribution is -2.50. The number of carbonyl (C=O) groups is 1. The minimum Gasteiger partial charge on any atom is -0.490 e. The van der Waals surface area contributed by atoms with Crippen molar-refractivity contribution in [3.8, 4) is 11.5 Å². The van der Waals surface area contributed by atoms with E-state index in [2.05, 4.69) is 10.3 Å². The fraction of sp³-hybridized carbons (Fsp3) is 0.371. The molecule has 2 heterocycles. The first kappa shape index (κ1) is 33.0. The van der Waals surface area contributed by atoms with Crippen LogP contribution in [-0.4, -0.2) is 49.4 Å². The third-order valence-corrected chi connectivity index (χ3v) is 10.3. The molecule has 5 N–H and O–H groups in total. The zero-order valence-corrected chi connectivity index (χ0v) is 27.5. The second kappa shape index (κ2) is 14.0. The minimum absolute atomic E-state index is 0.0575. The number of hydrogen-bond acceptors (Lipinski definition) is 8. The van der Waals surface area contributed by atoms with Crippen molar-refractivity contribution in [1.82, 2.24) is 9.29 Å². The molecule has 5 rings (SSSR count). The molecule has 1 fully saturated rings. The predicted octanol–water partition coefficient (Wildman–Crippen LogP) is 5.60. The van der Waals surface area contributed by atoms with Crippen molar-refractivity contribution in [2.75, 3.05) is 30.7 Å². The predicted molar refractivity (Wildman–Crippen MR) is 181 cm³/mol. The smallest absolute Gasteiger partial charge is 0.248 e. The Bertz CT molecular complexity index is 1800. The van der Waals surface area contributed by atoms with E-state index in [9.17, 15) is 13.2 Å². The van der Waals surface area contributed by atoms with Gasteiger partial charge in [0.05, 0.1) is 17.6 Å². The first-order valence-corrected chi connectivity index (χ1v) is 17.2. The fourth-order valence-corrected chi connectivity index (χ4v) is 7.78. The van der Waals surface area contributed by atoms with E-state index in [0.717, 1.165) is 36.5 Å². The molecule has 1 saturated heterocycles. The number of nitrogens with zero attached hydrogens (tertiary/aromatic N) is 2. The van der Waals surface area contributed by atoms with Crippen LogP contribution in [0.15, 0.2) is 77.8 Å². The molecule has 10 nitrogen and oxygen atoms in total. The Kier molecular flexibility index (Phi) is 10.0. The number of amides is 1. The minimum atomic E-state index is -3.85. The summed E-state index contributed by atoms with van der Waals surface area (Å²) in [7, 11) is -3.85. The molecule has 0 bridgehead atoms. The normalized spacial score (nSPS) is 15.7. The molecule has 0 radical (unpaired) electrons. The van der Waals surface area contributed by atoms with Crippen molar-refractivity contribution in [3.63, 3.8) is 0 Å². The van der Waals surface area contributed by atoms with Gasteiger partial charge in [0.2, 0.25) is 15.9 Å². The molecule has 1 aliphatic heterocycles. The third kappa shape index (κ3) is 6.90. The average Bonchev–Trinajstić information content (AvgIpc) is 3.32. The quantitative estimate of drug-likeness (QED) is 0.180. The van der Waals surface area contributed by atoms with E-state index in [1.165, 1.54) is 0 Å². The average molecular weight is 646 g/mol. The molecule has 3 aromatic carbocycles. The Labute approximate surface area is 271 Å². The van der Waals surface area contributed by atoms with E-state index in [1.54, 1.807) is 59.0 Å². The van der Waals surface area contributed by atoms with Crippen LogP contribution < -0.4 is 26.3 Å². The first-order valence-electron chi connectivity index (χ1n) is 15.8. The zero-order valence-electron chi connectivity index (χ0n) is 26.7. The van der Waals surface area contributed by atoms with E-state index < -0.39 is 21.5 Å². The summed E-state index contributed by atoms with van der Waals surface area (Å²) in [6.07, 6.45) is 5.05. The lowest BCUT2D eigenvalue weighted by Gasteiger charge is -2.35. The van der Waals surface area contributed by atoms with Crippen LogP contribution in [0.5, 0.6) is 11.5 Å². The second-order valence-corrected chi connectivity index (χ2v) is 13.8. The largest absolute Gasteiger partial charge is 0.490 e. The van der Waals surface area contributed by atoms with Crippen LogP contribution in [0.3, 0.4) is 0 Å². The van der Waals surface area contributed by atoms with Gasteiger partial charge in [-0.2, -0.15) is 4.31 Å². The molecule has 1 unspecified atom stereocenters. The topological polar surface area (TPSA) is 150 Å². The second-order valence-electron chi connectivity index (χ2n) is 11.9. The van der Waals surface area contributed by atoms with Crippen molar-refractivity contribution >= 4 is 38.2 Å². The number of sulfonamides is 1. The number of ether oxygens (including phenoxy) is 2. The standard InChI is InChI=1S/C35H43N5O5S/c1-4-44-31-22-27(13-16-30(31)45-24(2)3)35(34(37)41,39-28-14-15-29-25(21-28)17-18-38-33(29)36)23-26-11-7-8-12-32(26)46(42,43)40-19-9-5-6-10-20-40/h7-8,11-18,21-22,24,39H,4-6,9-10,19-20,23H2,1-3H3,(H2,36,38)(H2,37,41). The molecule has 1 aromatic heterocycles. The number of aromatic nitrogens is 1. The van der Waals surface area contributed by atoms with Crippen molar-refractivity contribution < 1.29 is 22.7 Å². The number of primary amides is 1. The highest BCUT2D eigenvalue weighted by Crippen LogP contribution is 2.39. The number of pyridine rings is 1. The molecule has 1 amide bonds. The van der Waals surface area contributed by atoms with E-state index in [0.29, 0.717) is 53.8 Å². The Morgan fingerprint density at radius 3 is 2.43 bits per heavy atom. The molecule has 0 spiro atoms. The van der Waals surface area contributed by atoms with Gasteiger partial charge in [0.1, 0.15) is 11.4 Å². The highest BCUT2D eigenvalue weighted by Gasteiger charge is 2.41. The van der Waals surface area contributed by atoms with Gasteiger partial charge < -0.3 is 26.3 Å². The van der Waals surface area contributed by atoms with Crippen LogP contribution >= 0.6 is 0 Å². The maximum atomic E-state index is 14.1. The number of nitrogen functional groups attached to an aromatic ring is 1. The van der Waals surface area contributed by atoms with Crippen LogP contribution in [0.4, 0.5) is 11.5 Å². The maximum Gasteiger partial charge on any atom is 0.248 e. The summed E-state index contributed by atoms with van der Waals surface area (Å²) in [5.41, 5.74) is 12.4. The van der Waals surface area contributed by atoms with Gasteiger partial charge >= 0.3 is 0 Å². The summed E-state index contributed by atoms with van der Waals surface area (Å²) >= 11 is 0. The first-order chi connectivity index (χ1) is 22.0. The molecular formula is C35H43N5O5S. The zero-order chi connectivity index (χ0) is 32.9. The Balaban J connectivity index is 1.68. The van der Waals surface area contributed by atoms with Crippen molar-refractivity contribution in [2.45, 2.75) is 69.4 Å². The van der Waals surface area contributed by atoms with Crippen molar-refractivity contribution in [1.29, 1.82) is 0 Å². The Morgan fingerprint density at radius 2 is 1.74 bits per heavy atom. The third-order valence-electron chi connectivity index (χ3n) is 8.28. The molecule has 46 heavy (non-hydrogen) atoms. The molecular weight excluding hydrogens is 602 g/mol. The monoisotopic (exact) mass is 645 g/mol. The van der Waals surface area contributed by atoms with Gasteiger partial charge in [0, 0.05) is 36.8 Å². The van der Waals surface area contributed by atoms with Gasteiger partial charge in [0.15, 0.2) is 11.5 Å². The number of nitrogens with two attached hydrogens (primary N) is 2. The number of hydrogen-bond donors (Lipinski definition) is 3. The van der Waals surface area contributed by atoms with Crippen LogP contribution in [0.2, 0.25) is 0 Å². The highest BCUT2D eigenvalue weighted by atomic mass is 32.2. The molecule has 11 heteroatoms. The maximum absolute atomic E-state index is 14.1. The van der Waals surface area contributed by atoms with Gasteiger partial charge in [-0.25, -0.2) is 13.4 Å². The van der Waals surface area contributed by atoms with Crippen LogP contribution in [-0.2, 0) is 26.8 Å². The number of benzene rings is 3. The molecule has 244 valence electrons. The van der Waals surface area contributed by atoms with Gasteiger partial charge in [-0.15, -0.1) is 0 Å². The van der Waals surface area contributed by atoms with E-state index in [-0.39, 0.29) is 17.4 Å². The van der Waals surface area contributed by atoms with Gasteiger partial charge in [-0.05, 0) is 92.6 Å². The Morgan fingerprint density at radius 1 is 1.00 bits per heavy atom. The Hall–Kier alpha value is -4.35. The lowest BCUT2D eigenvalue weighted by molar-refractivity contribution is -0.122. The lowest BCUT2D eigenvalue weighted by atomic mass is 9.82. The molecule has 4 aromatic rings. The molecule has 0 saturated carbocycles. The summed E-state index contributed by atoms with van der Waals surface area (Å²) in [5, 5.41) is 5.01. The number of anilines is 2. The van der Waals surface area contributed by atoms with Crippen LogP contribution in [0, 0.1) is 0 Å². The summed E-state index contributed by atoms with van der Waals surface area (Å²) < 4.78 is 41.7. The van der Waals surface area contributed by atoms with E-state index >= 15 is 0 Å². The van der Waals surface area contributed by atoms with Gasteiger partial charge in [0.25, 0.3) is 0 Å². The van der Waals surface area contributed by atoms with Gasteiger partial charge in [-0.3, -0.25) is 4.79 Å². The van der Waals surface area contributed by atoms with Crippen LogP contribution in [0.1, 0.15) is 57.6 Å². The number of carbonyl (C=O) groups excluding carboxylic acids is 1. The van der Waals surface area contributed by atoms with E-state index in [1.807, 2.05) is 39.0 Å². The summed E-state index contributed by atoms with van der Waals surface area (Å²) in [6.45, 7) is 6.99. The van der Waals surface area contributed by atoms with Crippen molar-refractivity contribution in [3.05, 3.63) is 84.1 Å². The van der Waals surface area contributed by atoms with Gasteiger partial charge in [-0.1, -0.05) is 37.1 Å². The van der Waals surface area contributed by atoms with E-state index in [4.69, 9.17) is 20.9 Å². The molecule has 1 aliphatic rings. The van der Waals surface area contributed by atoms with Crippen LogP contribution in [0.25, 0.3) is 10.8 Å². The number of fused-ring (bicyclic) bond motifs is 1. The molecule has 1 atom stereocenters. The summed E-state index contributed by atoms with van der Waals surface area (Å²) in [6, 6.07) is 19.4. The number of rotatable bonds is 12. The SMILES string of the molecule is CCOc1cc(C(Cc2ccccc2S(=O)(=O)N2CCCCCC2)(Nc2ccc3c(N)nccc3c2)C(N)=O)ccc1OC(C)C. The fourth-order valence-electron chi connectivity index (χ4n) is 6.04. The summed E-state index contributed by atoms with van der Waals surface area (Å²) in [4.78, 5) is 18.2.